The van der Waals surface area contributed by atoms with E-state index >= 15 is 0 Å². The maximum absolute atomic E-state index is 6.88. The van der Waals surface area contributed by atoms with Crippen molar-refractivity contribution in [2.45, 2.75) is 78.5 Å². The summed E-state index contributed by atoms with van der Waals surface area (Å²) < 4.78 is 13.8. The van der Waals surface area contributed by atoms with E-state index in [9.17, 15) is 0 Å². The van der Waals surface area contributed by atoms with E-state index in [0.717, 1.165) is 12.8 Å². The normalized spacial score (nSPS) is 26.6. The molecule has 3 aliphatic rings. The number of rotatable bonds is 3. The van der Waals surface area contributed by atoms with Gasteiger partial charge in [-0.15, -0.1) is 0 Å². The van der Waals surface area contributed by atoms with E-state index in [2.05, 4.69) is 113 Å². The fourth-order valence-corrected chi connectivity index (χ4v) is 6.66. The molecule has 1 spiro atoms. The van der Waals surface area contributed by atoms with Crippen LogP contribution in [0.3, 0.4) is 0 Å². The van der Waals surface area contributed by atoms with E-state index in [-0.39, 0.29) is 18.2 Å². The lowest BCUT2D eigenvalue weighted by molar-refractivity contribution is -0.318. The number of ether oxygens (including phenoxy) is 2. The molecule has 0 radical (unpaired) electrons. The summed E-state index contributed by atoms with van der Waals surface area (Å²) in [4.78, 5) is 2.43. The molecule has 0 bridgehead atoms. The zero-order valence-corrected chi connectivity index (χ0v) is 22.3. The lowest BCUT2D eigenvalue weighted by Crippen LogP contribution is -2.54. The summed E-state index contributed by atoms with van der Waals surface area (Å²) in [7, 11) is 0. The minimum absolute atomic E-state index is 0.0833. The Hall–Kier alpha value is -2.88. The van der Waals surface area contributed by atoms with Crippen molar-refractivity contribution in [2.24, 2.45) is 5.92 Å². The van der Waals surface area contributed by atoms with Crippen molar-refractivity contribution >= 4 is 11.3 Å². The molecule has 0 aromatic heterocycles. The first-order chi connectivity index (χ1) is 17.3. The summed E-state index contributed by atoms with van der Waals surface area (Å²) in [5.41, 5.74) is 11.4. The number of hydrogen-bond acceptors (Lipinski definition) is 3. The average Bonchev–Trinajstić information content (AvgIpc) is 3.07. The maximum Gasteiger partial charge on any atom is 0.282 e. The van der Waals surface area contributed by atoms with Gasteiger partial charge in [-0.3, -0.25) is 0 Å². The summed E-state index contributed by atoms with van der Waals surface area (Å²) in [6.07, 6.45) is 4.63. The molecular formula is C33H37NO2. The second-order valence-corrected chi connectivity index (χ2v) is 11.4. The fourth-order valence-electron chi connectivity index (χ4n) is 6.66. The van der Waals surface area contributed by atoms with E-state index < -0.39 is 5.91 Å². The highest BCUT2D eigenvalue weighted by molar-refractivity contribution is 5.87. The van der Waals surface area contributed by atoms with Crippen LogP contribution in [0.25, 0.3) is 16.7 Å². The largest absolute Gasteiger partial charge is 0.326 e. The molecule has 0 saturated carbocycles. The number of fused-ring (bicyclic) bond motifs is 7. The molecule has 3 aromatic rings. The number of allylic oxidation sites excluding steroid dienone is 1. The van der Waals surface area contributed by atoms with Crippen LogP contribution in [0.15, 0.2) is 66.7 Å². The monoisotopic (exact) mass is 479 g/mol. The number of nitrogens with zero attached hydrogens (tertiary/aromatic N) is 1. The summed E-state index contributed by atoms with van der Waals surface area (Å²) >= 11 is 0. The molecule has 6 rings (SSSR count). The summed E-state index contributed by atoms with van der Waals surface area (Å²) in [5.74, 6) is -0.357. The highest BCUT2D eigenvalue weighted by Gasteiger charge is 2.58. The number of hydrogen-bond donors (Lipinski definition) is 0. The quantitative estimate of drug-likeness (QED) is 0.377. The Morgan fingerprint density at radius 3 is 2.33 bits per heavy atom. The Morgan fingerprint density at radius 2 is 1.64 bits per heavy atom. The molecule has 3 unspecified atom stereocenters. The van der Waals surface area contributed by atoms with Crippen LogP contribution in [0.1, 0.15) is 74.4 Å². The third-order valence-electron chi connectivity index (χ3n) is 7.82. The van der Waals surface area contributed by atoms with E-state index in [4.69, 9.17) is 9.47 Å². The Labute approximate surface area is 215 Å². The molecule has 1 saturated heterocycles. The maximum atomic E-state index is 6.88. The van der Waals surface area contributed by atoms with Crippen molar-refractivity contribution in [3.63, 3.8) is 0 Å². The molecule has 3 heterocycles. The van der Waals surface area contributed by atoms with Crippen molar-refractivity contribution in [3.05, 3.63) is 94.6 Å². The summed E-state index contributed by atoms with van der Waals surface area (Å²) in [5, 5.41) is 0. The highest BCUT2D eigenvalue weighted by Crippen LogP contribution is 2.58. The van der Waals surface area contributed by atoms with E-state index in [0.29, 0.717) is 5.92 Å². The summed E-state index contributed by atoms with van der Waals surface area (Å²) in [6.45, 7) is 13.4. The Balaban J connectivity index is 1.61. The predicted octanol–water partition coefficient (Wildman–Crippen LogP) is 8.30. The van der Waals surface area contributed by atoms with E-state index in [1.54, 1.807) is 0 Å². The van der Waals surface area contributed by atoms with Gasteiger partial charge in [0.15, 0.2) is 0 Å². The van der Waals surface area contributed by atoms with E-state index in [1.165, 1.54) is 50.2 Å². The van der Waals surface area contributed by atoms with Gasteiger partial charge in [-0.05, 0) is 86.4 Å². The van der Waals surface area contributed by atoms with Crippen LogP contribution in [-0.2, 0) is 15.4 Å². The zero-order valence-electron chi connectivity index (χ0n) is 22.3. The third kappa shape index (κ3) is 3.64. The number of anilines is 1. The van der Waals surface area contributed by atoms with Gasteiger partial charge < -0.3 is 14.4 Å². The van der Waals surface area contributed by atoms with Gasteiger partial charge in [0.05, 0.1) is 18.2 Å². The predicted molar refractivity (Wildman–Crippen MR) is 148 cm³/mol. The van der Waals surface area contributed by atoms with Crippen LogP contribution in [0.4, 0.5) is 5.69 Å². The topological polar surface area (TPSA) is 21.7 Å². The molecule has 3 heteroatoms. The number of benzene rings is 3. The van der Waals surface area contributed by atoms with Crippen LogP contribution in [0.5, 0.6) is 0 Å². The first kappa shape index (κ1) is 23.5. The molecule has 0 amide bonds. The van der Waals surface area contributed by atoms with Crippen molar-refractivity contribution < 1.29 is 9.47 Å². The second kappa shape index (κ2) is 8.61. The smallest absolute Gasteiger partial charge is 0.282 e. The van der Waals surface area contributed by atoms with Gasteiger partial charge in [0.25, 0.3) is 5.91 Å². The zero-order chi connectivity index (χ0) is 25.2. The second-order valence-electron chi connectivity index (χ2n) is 11.4. The molecule has 0 aliphatic carbocycles. The molecule has 0 N–H and O–H groups in total. The van der Waals surface area contributed by atoms with Crippen LogP contribution in [0, 0.1) is 19.8 Å². The molecule has 3 atom stereocenters. The van der Waals surface area contributed by atoms with Crippen LogP contribution in [-0.4, -0.2) is 12.2 Å². The minimum Gasteiger partial charge on any atom is -0.326 e. The van der Waals surface area contributed by atoms with E-state index in [1.807, 2.05) is 0 Å². The molecule has 3 aromatic carbocycles. The lowest BCUT2D eigenvalue weighted by Gasteiger charge is -2.49. The van der Waals surface area contributed by atoms with Crippen LogP contribution < -0.4 is 4.90 Å². The first-order valence-electron chi connectivity index (χ1n) is 13.4. The Kier molecular flexibility index (Phi) is 5.62. The SMILES string of the molecule is Cc1cc(C)c2c(c1)C1C=C(CC(C)C)c3cc(-c4ccccc4)ccc3N1C21OC(C)CC(C)O1. The number of aryl methyl sites for hydroxylation is 2. The van der Waals surface area contributed by atoms with Gasteiger partial charge in [0, 0.05) is 16.8 Å². The van der Waals surface area contributed by atoms with Crippen LogP contribution in [0.2, 0.25) is 0 Å². The standard InChI is InChI=1S/C33H37NO2/c1-20(2)14-27-19-31-29-16-21(3)15-22(4)32(29)33(35-23(5)17-24(6)36-33)34(31)30-13-12-26(18-28(27)30)25-10-8-7-9-11-25/h7-13,15-16,18-20,23-24,31H,14,17H2,1-6H3. The molecular weight excluding hydrogens is 442 g/mol. The van der Waals surface area contributed by atoms with Crippen molar-refractivity contribution in [3.8, 4) is 11.1 Å². The first-order valence-corrected chi connectivity index (χ1v) is 13.4. The van der Waals surface area contributed by atoms with Crippen LogP contribution >= 0.6 is 0 Å². The van der Waals surface area contributed by atoms with Gasteiger partial charge in [0.1, 0.15) is 0 Å². The van der Waals surface area contributed by atoms with Gasteiger partial charge >= 0.3 is 0 Å². The highest BCUT2D eigenvalue weighted by atomic mass is 16.7. The lowest BCUT2D eigenvalue weighted by atomic mass is 9.86. The molecule has 3 aliphatic heterocycles. The van der Waals surface area contributed by atoms with Gasteiger partial charge in [-0.25, -0.2) is 0 Å². The molecule has 3 nitrogen and oxygen atoms in total. The van der Waals surface area contributed by atoms with Gasteiger partial charge in [-0.2, -0.15) is 0 Å². The Bertz CT molecular complexity index is 1330. The fraction of sp³-hybridized carbons (Fsp3) is 0.394. The third-order valence-corrected chi connectivity index (χ3v) is 7.82. The van der Waals surface area contributed by atoms with Crippen molar-refractivity contribution in [2.75, 3.05) is 4.90 Å². The van der Waals surface area contributed by atoms with Gasteiger partial charge in [0.2, 0.25) is 0 Å². The average molecular weight is 480 g/mol. The molecule has 1 fully saturated rings. The minimum atomic E-state index is -0.919. The Morgan fingerprint density at radius 1 is 0.917 bits per heavy atom. The van der Waals surface area contributed by atoms with Gasteiger partial charge in [-0.1, -0.05) is 74.0 Å². The molecule has 36 heavy (non-hydrogen) atoms. The molecule has 186 valence electrons. The van der Waals surface area contributed by atoms with Crippen molar-refractivity contribution in [1.29, 1.82) is 0 Å². The summed E-state index contributed by atoms with van der Waals surface area (Å²) in [6, 6.07) is 22.3. The van der Waals surface area contributed by atoms with Crippen molar-refractivity contribution in [1.82, 2.24) is 0 Å².